The van der Waals surface area contributed by atoms with Crippen molar-refractivity contribution in [2.24, 2.45) is 0 Å². The van der Waals surface area contributed by atoms with Crippen molar-refractivity contribution >= 4 is 81.1 Å². The third-order valence-corrected chi connectivity index (χ3v) is 12.6. The molecular formula is C51H31N3OS. The van der Waals surface area contributed by atoms with Crippen molar-refractivity contribution in [1.29, 1.82) is 0 Å². The molecule has 1 aliphatic carbocycles. The molecule has 0 radical (unpaired) electrons. The van der Waals surface area contributed by atoms with E-state index in [0.717, 1.165) is 62.6 Å². The molecule has 0 saturated carbocycles. The first-order valence-corrected chi connectivity index (χ1v) is 19.9. The van der Waals surface area contributed by atoms with Gasteiger partial charge in [0.05, 0.1) is 0 Å². The summed E-state index contributed by atoms with van der Waals surface area (Å²) >= 11 is 1.86. The maximum absolute atomic E-state index is 6.79. The summed E-state index contributed by atoms with van der Waals surface area (Å²) in [6.45, 7) is 0. The van der Waals surface area contributed by atoms with E-state index in [1.165, 1.54) is 52.8 Å². The molecule has 262 valence electrons. The van der Waals surface area contributed by atoms with E-state index < -0.39 is 0 Å². The van der Waals surface area contributed by atoms with Gasteiger partial charge in [-0.2, -0.15) is 0 Å². The second-order valence-electron chi connectivity index (χ2n) is 14.6. The molecule has 3 aromatic heterocycles. The minimum absolute atomic E-state index is 0.613. The largest absolute Gasteiger partial charge is 0.455 e. The number of nitrogens with zero attached hydrogens (tertiary/aromatic N) is 3. The summed E-state index contributed by atoms with van der Waals surface area (Å²) in [5.74, 6) is 1.89. The highest BCUT2D eigenvalue weighted by atomic mass is 32.1. The first-order chi connectivity index (χ1) is 27.7. The Hall–Kier alpha value is -6.95. The van der Waals surface area contributed by atoms with Gasteiger partial charge >= 0.3 is 0 Å². The Morgan fingerprint density at radius 2 is 1.23 bits per heavy atom. The molecule has 0 saturated heterocycles. The first-order valence-electron chi connectivity index (χ1n) is 19.1. The fourth-order valence-corrected chi connectivity index (χ4v) is 9.93. The number of hydrogen-bond acceptors (Lipinski definition) is 5. The van der Waals surface area contributed by atoms with E-state index in [1.54, 1.807) is 0 Å². The van der Waals surface area contributed by atoms with Crippen LogP contribution in [0.3, 0.4) is 0 Å². The van der Waals surface area contributed by atoms with Gasteiger partial charge in [-0.3, -0.25) is 0 Å². The summed E-state index contributed by atoms with van der Waals surface area (Å²) in [5, 5.41) is 9.60. The first kappa shape index (κ1) is 31.4. The van der Waals surface area contributed by atoms with Crippen molar-refractivity contribution in [3.63, 3.8) is 0 Å². The Labute approximate surface area is 326 Å². The minimum Gasteiger partial charge on any atom is -0.455 e. The molecule has 8 aromatic carbocycles. The molecule has 3 heterocycles. The molecule has 56 heavy (non-hydrogen) atoms. The van der Waals surface area contributed by atoms with Crippen LogP contribution in [0.5, 0.6) is 0 Å². The Morgan fingerprint density at radius 3 is 2.18 bits per heavy atom. The molecule has 0 bridgehead atoms. The number of aromatic nitrogens is 3. The number of thiophene rings is 1. The van der Waals surface area contributed by atoms with Gasteiger partial charge in [-0.25, -0.2) is 15.0 Å². The lowest BCUT2D eigenvalue weighted by Crippen LogP contribution is -2.01. The van der Waals surface area contributed by atoms with Gasteiger partial charge in [-0.1, -0.05) is 146 Å². The summed E-state index contributed by atoms with van der Waals surface area (Å²) in [7, 11) is 0. The van der Waals surface area contributed by atoms with Gasteiger partial charge in [-0.15, -0.1) is 11.3 Å². The molecule has 0 atom stereocenters. The fraction of sp³-hybridized carbons (Fsp3) is 0.0392. The van der Waals surface area contributed by atoms with Crippen LogP contribution in [0.1, 0.15) is 17.5 Å². The molecule has 0 fully saturated rings. The van der Waals surface area contributed by atoms with Gasteiger partial charge in [0.15, 0.2) is 17.5 Å². The fourth-order valence-electron chi connectivity index (χ4n) is 8.66. The van der Waals surface area contributed by atoms with E-state index in [9.17, 15) is 0 Å². The predicted molar refractivity (Wildman–Crippen MR) is 234 cm³/mol. The van der Waals surface area contributed by atoms with Gasteiger partial charge in [0.25, 0.3) is 0 Å². The summed E-state index contributed by atoms with van der Waals surface area (Å²) in [5.41, 5.74) is 9.32. The highest BCUT2D eigenvalue weighted by molar-refractivity contribution is 7.26. The van der Waals surface area contributed by atoms with E-state index in [1.807, 2.05) is 41.7 Å². The second-order valence-corrected chi connectivity index (χ2v) is 15.7. The van der Waals surface area contributed by atoms with E-state index in [0.29, 0.717) is 17.5 Å². The zero-order chi connectivity index (χ0) is 36.7. The minimum atomic E-state index is 0.613. The molecule has 5 heteroatoms. The van der Waals surface area contributed by atoms with Crippen molar-refractivity contribution in [2.75, 3.05) is 0 Å². The quantitative estimate of drug-likeness (QED) is 0.181. The molecule has 0 spiro atoms. The van der Waals surface area contributed by atoms with Crippen LogP contribution >= 0.6 is 11.3 Å². The van der Waals surface area contributed by atoms with Crippen LogP contribution in [0.15, 0.2) is 162 Å². The SMILES string of the molecule is C1=Cc2c(ccc3ccc(-c4nc(-c5ccccc5)nc(-c5cccc6oc7c(-c8ccc9c(c8)sc8c%10ccccc%10ccc98)cccc7c56)n4)cc23)CC1. The summed E-state index contributed by atoms with van der Waals surface area (Å²) in [6.07, 6.45) is 6.67. The van der Waals surface area contributed by atoms with E-state index in [4.69, 9.17) is 19.4 Å². The lowest BCUT2D eigenvalue weighted by molar-refractivity contribution is 0.670. The number of fused-ring (bicyclic) bond motifs is 11. The standard InChI is InChI=1S/C51H31N3OS/c1-2-12-33(13-3-1)49-52-50(35-23-22-32-21-20-30-10-4-6-14-36(30)43(32)28-35)54-51(53-49)42-18-9-19-44-46(42)41-17-8-16-37(47(41)55-44)34-25-26-39-40-27-24-31-11-5-7-15-38(31)48(40)56-45(39)29-34/h1-3,5-9,11-29H,4,10H2. The van der Waals surface area contributed by atoms with Gasteiger partial charge < -0.3 is 4.42 Å². The zero-order valence-electron chi connectivity index (χ0n) is 30.2. The number of aryl methyl sites for hydroxylation is 1. The van der Waals surface area contributed by atoms with Crippen LogP contribution in [0, 0.1) is 0 Å². The molecule has 11 aromatic rings. The molecule has 12 rings (SSSR count). The van der Waals surface area contributed by atoms with Crippen LogP contribution < -0.4 is 0 Å². The van der Waals surface area contributed by atoms with E-state index in [-0.39, 0.29) is 0 Å². The molecule has 1 aliphatic rings. The lowest BCUT2D eigenvalue weighted by atomic mass is 9.91. The molecule has 0 amide bonds. The Morgan fingerprint density at radius 1 is 0.500 bits per heavy atom. The van der Waals surface area contributed by atoms with Crippen molar-refractivity contribution in [3.05, 3.63) is 169 Å². The van der Waals surface area contributed by atoms with Gasteiger partial charge in [0, 0.05) is 53.2 Å². The van der Waals surface area contributed by atoms with Gasteiger partial charge in [-0.05, 0) is 69.3 Å². The molecule has 0 aliphatic heterocycles. The maximum atomic E-state index is 6.79. The smallest absolute Gasteiger partial charge is 0.164 e. The van der Waals surface area contributed by atoms with Crippen LogP contribution in [0.4, 0.5) is 0 Å². The molecule has 0 N–H and O–H groups in total. The van der Waals surface area contributed by atoms with Crippen molar-refractivity contribution in [3.8, 4) is 45.3 Å². The molecule has 0 unspecified atom stereocenters. The molecular weight excluding hydrogens is 703 g/mol. The van der Waals surface area contributed by atoms with E-state index in [2.05, 4.69) is 133 Å². The number of para-hydroxylation sites is 1. The van der Waals surface area contributed by atoms with Crippen molar-refractivity contribution in [1.82, 2.24) is 15.0 Å². The average molecular weight is 734 g/mol. The average Bonchev–Trinajstić information content (AvgIpc) is 3.85. The highest BCUT2D eigenvalue weighted by Crippen LogP contribution is 2.44. The Balaban J connectivity index is 1.04. The molecule has 4 nitrogen and oxygen atoms in total. The summed E-state index contributed by atoms with van der Waals surface area (Å²) < 4.78 is 9.38. The van der Waals surface area contributed by atoms with Crippen LogP contribution in [-0.4, -0.2) is 15.0 Å². The number of hydrogen-bond donors (Lipinski definition) is 0. The van der Waals surface area contributed by atoms with Crippen LogP contribution in [0.2, 0.25) is 0 Å². The topological polar surface area (TPSA) is 51.8 Å². The normalized spacial score (nSPS) is 12.8. The zero-order valence-corrected chi connectivity index (χ0v) is 31.0. The highest BCUT2D eigenvalue weighted by Gasteiger charge is 2.21. The van der Waals surface area contributed by atoms with Gasteiger partial charge in [0.2, 0.25) is 0 Å². The Bertz CT molecular complexity index is 3430. The number of furan rings is 1. The third kappa shape index (κ3) is 4.88. The second kappa shape index (κ2) is 12.3. The number of rotatable bonds is 4. The predicted octanol–water partition coefficient (Wildman–Crippen LogP) is 14.1. The van der Waals surface area contributed by atoms with Crippen molar-refractivity contribution in [2.45, 2.75) is 12.8 Å². The maximum Gasteiger partial charge on any atom is 0.164 e. The Kier molecular flexibility index (Phi) is 6.89. The number of allylic oxidation sites excluding steroid dienone is 1. The van der Waals surface area contributed by atoms with Crippen LogP contribution in [-0.2, 0) is 6.42 Å². The van der Waals surface area contributed by atoms with Crippen LogP contribution in [0.25, 0.3) is 115 Å². The monoisotopic (exact) mass is 733 g/mol. The lowest BCUT2D eigenvalue weighted by Gasteiger charge is -2.14. The number of benzene rings is 8. The summed E-state index contributed by atoms with van der Waals surface area (Å²) in [4.78, 5) is 15.5. The van der Waals surface area contributed by atoms with Gasteiger partial charge in [0.1, 0.15) is 11.2 Å². The summed E-state index contributed by atoms with van der Waals surface area (Å²) in [6, 6.07) is 53.8. The van der Waals surface area contributed by atoms with Crippen molar-refractivity contribution < 1.29 is 4.42 Å². The van der Waals surface area contributed by atoms with E-state index >= 15 is 0 Å². The third-order valence-electron chi connectivity index (χ3n) is 11.4.